The van der Waals surface area contributed by atoms with Gasteiger partial charge in [0.2, 0.25) is 0 Å². The molecule has 0 bridgehead atoms. The predicted molar refractivity (Wildman–Crippen MR) is 89.2 cm³/mol. The number of para-hydroxylation sites is 1. The van der Waals surface area contributed by atoms with Gasteiger partial charge >= 0.3 is 0 Å². The van der Waals surface area contributed by atoms with Crippen LogP contribution in [0.4, 0.5) is 4.39 Å². The van der Waals surface area contributed by atoms with Gasteiger partial charge in [-0.2, -0.15) is 0 Å². The molecule has 1 heterocycles. The smallest absolute Gasteiger partial charge is 0.258 e. The summed E-state index contributed by atoms with van der Waals surface area (Å²) in [6.45, 7) is 2.08. The Morgan fingerprint density at radius 1 is 1.29 bits per heavy atom. The molecule has 0 aliphatic carbocycles. The van der Waals surface area contributed by atoms with Crippen molar-refractivity contribution < 1.29 is 13.9 Å². The third kappa shape index (κ3) is 3.37. The van der Waals surface area contributed by atoms with E-state index in [2.05, 4.69) is 10.3 Å². The highest BCUT2D eigenvalue weighted by Gasteiger charge is 2.08. The topological polar surface area (TPSA) is 56.1 Å². The second-order valence-corrected chi connectivity index (χ2v) is 5.54. The van der Waals surface area contributed by atoms with Crippen molar-refractivity contribution in [3.63, 3.8) is 0 Å². The van der Waals surface area contributed by atoms with Crippen LogP contribution in [0.2, 0.25) is 0 Å². The van der Waals surface area contributed by atoms with E-state index in [9.17, 15) is 9.18 Å². The third-order valence-corrected chi connectivity index (χ3v) is 3.85. The number of aromatic nitrogens is 2. The molecule has 124 valence electrons. The van der Waals surface area contributed by atoms with Crippen LogP contribution in [0.5, 0.6) is 5.75 Å². The third-order valence-electron chi connectivity index (χ3n) is 3.85. The number of aryl methyl sites for hydroxylation is 2. The number of rotatable bonds is 5. The van der Waals surface area contributed by atoms with Crippen molar-refractivity contribution in [2.45, 2.75) is 13.5 Å². The van der Waals surface area contributed by atoms with Crippen LogP contribution in [0.3, 0.4) is 0 Å². The number of hydrogen-bond acceptors (Lipinski definition) is 3. The maximum absolute atomic E-state index is 13.4. The Hall–Kier alpha value is -2.89. The number of carbonyl (C=O) groups is 1. The van der Waals surface area contributed by atoms with Crippen molar-refractivity contribution in [1.82, 2.24) is 14.9 Å². The number of imidazole rings is 1. The first-order chi connectivity index (χ1) is 11.5. The molecule has 0 unspecified atom stereocenters. The number of nitrogens with zero attached hydrogens (tertiary/aromatic N) is 2. The molecule has 0 spiro atoms. The highest BCUT2D eigenvalue weighted by Crippen LogP contribution is 2.17. The minimum Gasteiger partial charge on any atom is -0.481 e. The van der Waals surface area contributed by atoms with E-state index >= 15 is 0 Å². The van der Waals surface area contributed by atoms with Gasteiger partial charge in [0, 0.05) is 13.6 Å². The van der Waals surface area contributed by atoms with Crippen LogP contribution in [0.25, 0.3) is 11.0 Å². The minimum absolute atomic E-state index is 0.0676. The van der Waals surface area contributed by atoms with Crippen molar-refractivity contribution in [3.05, 3.63) is 59.7 Å². The zero-order chi connectivity index (χ0) is 17.1. The molecule has 0 atom stereocenters. The van der Waals surface area contributed by atoms with E-state index in [0.29, 0.717) is 6.54 Å². The molecular weight excluding hydrogens is 309 g/mol. The Labute approximate surface area is 139 Å². The first-order valence-electron chi connectivity index (χ1n) is 7.60. The van der Waals surface area contributed by atoms with Crippen molar-refractivity contribution in [3.8, 4) is 5.75 Å². The maximum Gasteiger partial charge on any atom is 0.258 e. The van der Waals surface area contributed by atoms with Crippen LogP contribution in [0.1, 0.15) is 11.4 Å². The van der Waals surface area contributed by atoms with Gasteiger partial charge in [-0.15, -0.1) is 0 Å². The number of nitrogens with one attached hydrogen (secondary N) is 1. The van der Waals surface area contributed by atoms with Gasteiger partial charge in [0.25, 0.3) is 5.91 Å². The number of carbonyl (C=O) groups excluding carboxylic acids is 1. The lowest BCUT2D eigenvalue weighted by Crippen LogP contribution is -2.28. The van der Waals surface area contributed by atoms with E-state index in [-0.39, 0.29) is 18.3 Å². The summed E-state index contributed by atoms with van der Waals surface area (Å²) in [5.41, 5.74) is 2.88. The standard InChI is InChI=1S/C18H18FN3O2/c1-12-21-15-9-13(7-8-16(15)22(12)2)10-20-18(23)11-24-17-6-4-3-5-14(17)19/h3-9H,10-11H2,1-2H3,(H,20,23). The Morgan fingerprint density at radius 3 is 2.88 bits per heavy atom. The second-order valence-electron chi connectivity index (χ2n) is 5.54. The molecule has 5 nitrogen and oxygen atoms in total. The predicted octanol–water partition coefficient (Wildman–Crippen LogP) is 2.72. The van der Waals surface area contributed by atoms with Gasteiger partial charge in [0.15, 0.2) is 18.2 Å². The van der Waals surface area contributed by atoms with E-state index in [1.54, 1.807) is 12.1 Å². The highest BCUT2D eigenvalue weighted by molar-refractivity contribution is 5.79. The van der Waals surface area contributed by atoms with E-state index in [1.807, 2.05) is 36.7 Å². The fraction of sp³-hybridized carbons (Fsp3) is 0.222. The summed E-state index contributed by atoms with van der Waals surface area (Å²) in [4.78, 5) is 16.3. The first kappa shape index (κ1) is 16.0. The molecule has 1 aromatic heterocycles. The summed E-state index contributed by atoms with van der Waals surface area (Å²) < 4.78 is 20.6. The minimum atomic E-state index is -0.485. The molecular formula is C18H18FN3O2. The van der Waals surface area contributed by atoms with Gasteiger partial charge in [0.1, 0.15) is 5.82 Å². The largest absolute Gasteiger partial charge is 0.481 e. The van der Waals surface area contributed by atoms with Gasteiger partial charge in [0.05, 0.1) is 11.0 Å². The molecule has 0 aliphatic heterocycles. The Balaban J connectivity index is 1.57. The molecule has 1 N–H and O–H groups in total. The Morgan fingerprint density at radius 2 is 2.08 bits per heavy atom. The summed E-state index contributed by atoms with van der Waals surface area (Å²) in [5.74, 6) is 0.208. The zero-order valence-corrected chi connectivity index (χ0v) is 13.5. The highest BCUT2D eigenvalue weighted by atomic mass is 19.1. The van der Waals surface area contributed by atoms with Gasteiger partial charge in [-0.1, -0.05) is 18.2 Å². The van der Waals surface area contributed by atoms with Crippen molar-refractivity contribution in [2.75, 3.05) is 6.61 Å². The number of benzene rings is 2. The van der Waals surface area contributed by atoms with Crippen LogP contribution in [0, 0.1) is 12.7 Å². The van der Waals surface area contributed by atoms with Crippen LogP contribution >= 0.6 is 0 Å². The molecule has 24 heavy (non-hydrogen) atoms. The first-order valence-corrected chi connectivity index (χ1v) is 7.60. The molecule has 2 aromatic carbocycles. The number of fused-ring (bicyclic) bond motifs is 1. The van der Waals surface area contributed by atoms with E-state index in [4.69, 9.17) is 4.74 Å². The maximum atomic E-state index is 13.4. The molecule has 1 amide bonds. The SMILES string of the molecule is Cc1nc2cc(CNC(=O)COc3ccccc3F)ccc2n1C. The lowest BCUT2D eigenvalue weighted by atomic mass is 10.2. The molecule has 0 radical (unpaired) electrons. The molecule has 6 heteroatoms. The van der Waals surface area contributed by atoms with Gasteiger partial charge in [-0.25, -0.2) is 9.37 Å². The zero-order valence-electron chi connectivity index (χ0n) is 13.5. The van der Waals surface area contributed by atoms with Crippen LogP contribution < -0.4 is 10.1 Å². The fourth-order valence-corrected chi connectivity index (χ4v) is 2.43. The average Bonchev–Trinajstić information content (AvgIpc) is 2.86. The molecule has 0 saturated carbocycles. The monoisotopic (exact) mass is 327 g/mol. The number of amides is 1. The summed E-state index contributed by atoms with van der Waals surface area (Å²) in [5, 5.41) is 2.75. The van der Waals surface area contributed by atoms with Crippen LogP contribution in [-0.4, -0.2) is 22.1 Å². The van der Waals surface area contributed by atoms with Crippen molar-refractivity contribution >= 4 is 16.9 Å². The van der Waals surface area contributed by atoms with Gasteiger partial charge in [-0.3, -0.25) is 4.79 Å². The van der Waals surface area contributed by atoms with Gasteiger partial charge < -0.3 is 14.6 Å². The van der Waals surface area contributed by atoms with E-state index in [1.165, 1.54) is 12.1 Å². The summed E-state index contributed by atoms with van der Waals surface area (Å²) in [6.07, 6.45) is 0. The Bertz CT molecular complexity index is 889. The molecule has 3 rings (SSSR count). The van der Waals surface area contributed by atoms with Gasteiger partial charge in [-0.05, 0) is 36.8 Å². The number of hydrogen-bond donors (Lipinski definition) is 1. The molecule has 0 fully saturated rings. The van der Waals surface area contributed by atoms with Crippen molar-refractivity contribution in [2.24, 2.45) is 7.05 Å². The number of ether oxygens (including phenoxy) is 1. The van der Waals surface area contributed by atoms with Crippen molar-refractivity contribution in [1.29, 1.82) is 0 Å². The van der Waals surface area contributed by atoms with E-state index < -0.39 is 5.82 Å². The lowest BCUT2D eigenvalue weighted by molar-refractivity contribution is -0.123. The normalized spacial score (nSPS) is 10.8. The van der Waals surface area contributed by atoms with E-state index in [0.717, 1.165) is 22.4 Å². The molecule has 0 saturated heterocycles. The number of halogens is 1. The Kier molecular flexibility index (Phi) is 4.46. The summed E-state index contributed by atoms with van der Waals surface area (Å²) in [7, 11) is 1.96. The lowest BCUT2D eigenvalue weighted by Gasteiger charge is -2.08. The quantitative estimate of drug-likeness (QED) is 0.784. The van der Waals surface area contributed by atoms with Crippen LogP contribution in [-0.2, 0) is 18.4 Å². The molecule has 3 aromatic rings. The molecule has 0 aliphatic rings. The van der Waals surface area contributed by atoms with Crippen LogP contribution in [0.15, 0.2) is 42.5 Å². The second kappa shape index (κ2) is 6.70. The summed E-state index contributed by atoms with van der Waals surface area (Å²) >= 11 is 0. The fourth-order valence-electron chi connectivity index (χ4n) is 2.43. The summed E-state index contributed by atoms with van der Waals surface area (Å²) in [6, 6.07) is 11.9. The average molecular weight is 327 g/mol.